The van der Waals surface area contributed by atoms with Crippen molar-refractivity contribution in [2.24, 2.45) is 0 Å². The van der Waals surface area contributed by atoms with Crippen molar-refractivity contribution in [2.75, 3.05) is 6.61 Å². The van der Waals surface area contributed by atoms with Gasteiger partial charge in [-0.15, -0.1) is 0 Å². The highest BCUT2D eigenvalue weighted by atomic mass is 19.4. The molecular formula is C30H28F3NO3. The van der Waals surface area contributed by atoms with Crippen LogP contribution in [0.4, 0.5) is 18.0 Å². The zero-order valence-electron chi connectivity index (χ0n) is 20.5. The fraction of sp³-hybridized carbons (Fsp3) is 0.367. The molecule has 4 nitrogen and oxygen atoms in total. The number of aliphatic hydroxyl groups is 1. The minimum absolute atomic E-state index is 0.0523. The van der Waals surface area contributed by atoms with Gasteiger partial charge in [0.1, 0.15) is 6.61 Å². The second kappa shape index (κ2) is 8.62. The van der Waals surface area contributed by atoms with E-state index in [2.05, 4.69) is 24.3 Å². The number of rotatable bonds is 3. The van der Waals surface area contributed by atoms with Crippen molar-refractivity contribution >= 4 is 6.09 Å². The zero-order valence-corrected chi connectivity index (χ0v) is 20.5. The number of carbonyl (C=O) groups excluding carboxylic acids is 1. The van der Waals surface area contributed by atoms with Crippen LogP contribution in [0.2, 0.25) is 0 Å². The van der Waals surface area contributed by atoms with Crippen LogP contribution in [0.15, 0.2) is 66.7 Å². The summed E-state index contributed by atoms with van der Waals surface area (Å²) in [4.78, 5) is 15.0. The largest absolute Gasteiger partial charge is 0.448 e. The third-order valence-electron chi connectivity index (χ3n) is 8.38. The summed E-state index contributed by atoms with van der Waals surface area (Å²) in [5, 5.41) is 11.6. The van der Waals surface area contributed by atoms with E-state index in [1.807, 2.05) is 24.3 Å². The number of hydrogen-bond acceptors (Lipinski definition) is 3. The lowest BCUT2D eigenvalue weighted by Gasteiger charge is -2.44. The van der Waals surface area contributed by atoms with Gasteiger partial charge in [-0.2, -0.15) is 13.2 Å². The van der Waals surface area contributed by atoms with Crippen molar-refractivity contribution in [3.8, 4) is 11.1 Å². The van der Waals surface area contributed by atoms with E-state index in [1.54, 1.807) is 11.8 Å². The summed E-state index contributed by atoms with van der Waals surface area (Å²) in [6.45, 7) is 1.92. The van der Waals surface area contributed by atoms with Gasteiger partial charge in [-0.25, -0.2) is 4.79 Å². The second-order valence-corrected chi connectivity index (χ2v) is 10.6. The van der Waals surface area contributed by atoms with E-state index in [1.165, 1.54) is 6.07 Å². The van der Waals surface area contributed by atoms with Crippen LogP contribution in [0, 0.1) is 6.92 Å². The summed E-state index contributed by atoms with van der Waals surface area (Å²) in [5.41, 5.74) is 3.29. The molecule has 1 N–H and O–H groups in total. The summed E-state index contributed by atoms with van der Waals surface area (Å²) in [5.74, 6) is -0.0523. The van der Waals surface area contributed by atoms with Gasteiger partial charge in [-0.3, -0.25) is 0 Å². The van der Waals surface area contributed by atoms with Crippen molar-refractivity contribution < 1.29 is 27.8 Å². The topological polar surface area (TPSA) is 49.8 Å². The molecule has 2 bridgehead atoms. The van der Waals surface area contributed by atoms with E-state index >= 15 is 0 Å². The van der Waals surface area contributed by atoms with Gasteiger partial charge < -0.3 is 14.7 Å². The molecule has 37 heavy (non-hydrogen) atoms. The lowest BCUT2D eigenvalue weighted by Crippen LogP contribution is -2.52. The Morgan fingerprint density at radius 2 is 1.54 bits per heavy atom. The molecule has 1 amide bonds. The van der Waals surface area contributed by atoms with Crippen molar-refractivity contribution in [3.05, 3.63) is 94.5 Å². The Hall–Kier alpha value is -3.32. The van der Waals surface area contributed by atoms with Gasteiger partial charge in [0.15, 0.2) is 0 Å². The fourth-order valence-electron chi connectivity index (χ4n) is 6.71. The lowest BCUT2D eigenvalue weighted by atomic mass is 9.78. The molecule has 3 aliphatic rings. The first-order valence-electron chi connectivity index (χ1n) is 12.7. The maximum absolute atomic E-state index is 13.4. The van der Waals surface area contributed by atoms with Gasteiger partial charge in [0.05, 0.1) is 11.2 Å². The van der Waals surface area contributed by atoms with Gasteiger partial charge >= 0.3 is 12.3 Å². The third kappa shape index (κ3) is 4.00. The van der Waals surface area contributed by atoms with Gasteiger partial charge in [0, 0.05) is 30.8 Å². The molecule has 0 aromatic heterocycles. The number of alkyl halides is 3. The van der Waals surface area contributed by atoms with Crippen LogP contribution in [0.1, 0.15) is 59.4 Å². The number of benzene rings is 3. The van der Waals surface area contributed by atoms with Crippen LogP contribution in [0.25, 0.3) is 11.1 Å². The second-order valence-electron chi connectivity index (χ2n) is 10.6. The van der Waals surface area contributed by atoms with Crippen molar-refractivity contribution in [1.82, 2.24) is 4.90 Å². The Morgan fingerprint density at radius 1 is 0.973 bits per heavy atom. The first kappa shape index (κ1) is 24.0. The first-order valence-corrected chi connectivity index (χ1v) is 12.7. The highest BCUT2D eigenvalue weighted by Crippen LogP contribution is 2.48. The van der Waals surface area contributed by atoms with Crippen LogP contribution in [-0.4, -0.2) is 34.8 Å². The summed E-state index contributed by atoms with van der Waals surface area (Å²) >= 11 is 0. The third-order valence-corrected chi connectivity index (χ3v) is 8.38. The number of piperidine rings is 1. The molecule has 2 atom stereocenters. The molecule has 6 rings (SSSR count). The average Bonchev–Trinajstić information content (AvgIpc) is 3.34. The molecule has 2 heterocycles. The van der Waals surface area contributed by atoms with Crippen LogP contribution in [0.3, 0.4) is 0 Å². The molecule has 7 heteroatoms. The summed E-state index contributed by atoms with van der Waals surface area (Å²) in [6, 6.07) is 19.2. The molecule has 3 aromatic carbocycles. The quantitative estimate of drug-likeness (QED) is 0.425. The number of halogens is 3. The van der Waals surface area contributed by atoms with E-state index in [4.69, 9.17) is 4.74 Å². The number of ether oxygens (including phenoxy) is 1. The maximum Gasteiger partial charge on any atom is 0.416 e. The van der Waals surface area contributed by atoms with E-state index in [0.717, 1.165) is 34.4 Å². The predicted octanol–water partition coefficient (Wildman–Crippen LogP) is 6.78. The first-order chi connectivity index (χ1) is 17.7. The van der Waals surface area contributed by atoms with E-state index in [9.17, 15) is 23.1 Å². The Morgan fingerprint density at radius 3 is 2.11 bits per heavy atom. The molecule has 2 saturated heterocycles. The monoisotopic (exact) mass is 507 g/mol. The SMILES string of the molecule is Cc1ccc(C(F)(F)F)cc1C1(O)CC2CCC(C1)N2C(=O)OCC1c2ccccc2-c2ccccc21. The van der Waals surface area contributed by atoms with E-state index in [-0.39, 0.29) is 37.5 Å². The van der Waals surface area contributed by atoms with Crippen LogP contribution < -0.4 is 0 Å². The van der Waals surface area contributed by atoms with E-state index < -0.39 is 23.4 Å². The maximum atomic E-state index is 13.4. The van der Waals surface area contributed by atoms with Crippen molar-refractivity contribution in [2.45, 2.75) is 62.4 Å². The molecule has 0 spiro atoms. The molecule has 1 aliphatic carbocycles. The Labute approximate surface area is 213 Å². The standard InChI is InChI=1S/C30H28F3NO3/c1-18-10-11-19(30(31,32)33)14-27(18)29(36)15-20-12-13-21(16-29)34(20)28(35)37-17-26-24-8-4-2-6-22(24)23-7-3-5-9-25(23)26/h2-11,14,20-21,26,36H,12-13,15-17H2,1H3. The van der Waals surface area contributed by atoms with Gasteiger partial charge in [-0.05, 0) is 65.3 Å². The highest BCUT2D eigenvalue weighted by Gasteiger charge is 2.51. The van der Waals surface area contributed by atoms with Crippen LogP contribution in [0.5, 0.6) is 0 Å². The average molecular weight is 508 g/mol. The van der Waals surface area contributed by atoms with Gasteiger partial charge in [-0.1, -0.05) is 54.6 Å². The van der Waals surface area contributed by atoms with E-state index in [0.29, 0.717) is 24.0 Å². The number of amides is 1. The molecule has 0 saturated carbocycles. The highest BCUT2D eigenvalue weighted by molar-refractivity contribution is 5.79. The summed E-state index contributed by atoms with van der Waals surface area (Å²) < 4.78 is 46.0. The molecule has 2 fully saturated rings. The normalized spacial score (nSPS) is 24.6. The van der Waals surface area contributed by atoms with Crippen molar-refractivity contribution in [1.29, 1.82) is 0 Å². The van der Waals surface area contributed by atoms with Crippen LogP contribution in [-0.2, 0) is 16.5 Å². The van der Waals surface area contributed by atoms with Gasteiger partial charge in [0.2, 0.25) is 0 Å². The molecule has 3 aromatic rings. The Balaban J connectivity index is 1.20. The molecule has 0 radical (unpaired) electrons. The summed E-state index contributed by atoms with van der Waals surface area (Å²) in [7, 11) is 0. The molecule has 2 unspecified atom stereocenters. The zero-order chi connectivity index (χ0) is 25.9. The van der Waals surface area contributed by atoms with Crippen LogP contribution >= 0.6 is 0 Å². The Bertz CT molecular complexity index is 1310. The number of fused-ring (bicyclic) bond motifs is 5. The molecule has 2 aliphatic heterocycles. The minimum atomic E-state index is -4.49. The predicted molar refractivity (Wildman–Crippen MR) is 133 cm³/mol. The summed E-state index contributed by atoms with van der Waals surface area (Å²) in [6.07, 6.45) is -3.15. The molecule has 192 valence electrons. The lowest BCUT2D eigenvalue weighted by molar-refractivity contribution is -0.137. The van der Waals surface area contributed by atoms with Gasteiger partial charge in [0.25, 0.3) is 0 Å². The number of hydrogen-bond donors (Lipinski definition) is 1. The number of carbonyl (C=O) groups is 1. The number of aryl methyl sites for hydroxylation is 1. The Kier molecular flexibility index (Phi) is 5.60. The number of nitrogens with zero attached hydrogens (tertiary/aromatic N) is 1. The molecular weight excluding hydrogens is 479 g/mol. The smallest absolute Gasteiger partial charge is 0.416 e. The minimum Gasteiger partial charge on any atom is -0.448 e. The fourth-order valence-corrected chi connectivity index (χ4v) is 6.71. The van der Waals surface area contributed by atoms with Crippen molar-refractivity contribution in [3.63, 3.8) is 0 Å².